The Hall–Kier alpha value is -0.540. The summed E-state index contributed by atoms with van der Waals surface area (Å²) >= 11 is 0. The average molecular weight is 275 g/mol. The second kappa shape index (κ2) is 4.99. The van der Waals surface area contributed by atoms with Gasteiger partial charge in [-0.3, -0.25) is 0 Å². The van der Waals surface area contributed by atoms with E-state index in [2.05, 4.69) is 27.7 Å². The summed E-state index contributed by atoms with van der Waals surface area (Å²) in [4.78, 5) is 0.206. The van der Waals surface area contributed by atoms with E-state index in [4.69, 9.17) is 10.7 Å². The standard InChI is InChI=1S/C13H19ClO2S/c1-8(2)12-6-11(17(14,15)16)7-13(9(3)4)10(12)5/h6-9H,1-5H3. The van der Waals surface area contributed by atoms with Gasteiger partial charge in [-0.2, -0.15) is 0 Å². The van der Waals surface area contributed by atoms with Gasteiger partial charge in [-0.15, -0.1) is 0 Å². The maximum atomic E-state index is 11.5. The van der Waals surface area contributed by atoms with Crippen molar-refractivity contribution in [2.45, 2.75) is 51.3 Å². The largest absolute Gasteiger partial charge is 0.261 e. The summed E-state index contributed by atoms with van der Waals surface area (Å²) < 4.78 is 22.9. The van der Waals surface area contributed by atoms with Crippen molar-refractivity contribution in [1.82, 2.24) is 0 Å². The third-order valence-corrected chi connectivity index (χ3v) is 4.32. The highest BCUT2D eigenvalue weighted by Crippen LogP contribution is 2.31. The van der Waals surface area contributed by atoms with Gasteiger partial charge in [0.05, 0.1) is 4.90 Å². The molecule has 0 aliphatic rings. The van der Waals surface area contributed by atoms with Crippen LogP contribution >= 0.6 is 10.7 Å². The van der Waals surface area contributed by atoms with Crippen LogP contribution in [0.5, 0.6) is 0 Å². The molecule has 1 rings (SSSR count). The lowest BCUT2D eigenvalue weighted by Gasteiger charge is -2.18. The molecule has 4 heteroatoms. The van der Waals surface area contributed by atoms with Gasteiger partial charge in [0.25, 0.3) is 9.05 Å². The van der Waals surface area contributed by atoms with Crippen LogP contribution in [0.15, 0.2) is 17.0 Å². The lowest BCUT2D eigenvalue weighted by Crippen LogP contribution is -2.03. The number of hydrogen-bond donors (Lipinski definition) is 0. The molecular formula is C13H19ClO2S. The molecule has 0 aliphatic carbocycles. The van der Waals surface area contributed by atoms with Crippen LogP contribution in [0.3, 0.4) is 0 Å². The van der Waals surface area contributed by atoms with Crippen molar-refractivity contribution < 1.29 is 8.42 Å². The number of halogens is 1. The summed E-state index contributed by atoms with van der Waals surface area (Å²) in [6.45, 7) is 10.2. The summed E-state index contributed by atoms with van der Waals surface area (Å²) in [5, 5.41) is 0. The molecule has 0 bridgehead atoms. The topological polar surface area (TPSA) is 34.1 Å². The van der Waals surface area contributed by atoms with Gasteiger partial charge in [0, 0.05) is 10.7 Å². The van der Waals surface area contributed by atoms with Crippen LogP contribution in [0.2, 0.25) is 0 Å². The second-order valence-corrected chi connectivity index (χ2v) is 7.54. The molecule has 0 heterocycles. The molecule has 0 amide bonds. The summed E-state index contributed by atoms with van der Waals surface area (Å²) in [6, 6.07) is 3.38. The van der Waals surface area contributed by atoms with Crippen LogP contribution < -0.4 is 0 Å². The predicted molar refractivity (Wildman–Crippen MR) is 72.4 cm³/mol. The molecule has 0 N–H and O–H groups in total. The normalized spacial score (nSPS) is 12.5. The zero-order valence-electron chi connectivity index (χ0n) is 10.9. The lowest BCUT2D eigenvalue weighted by atomic mass is 9.90. The van der Waals surface area contributed by atoms with Gasteiger partial charge in [0.2, 0.25) is 0 Å². The Bertz CT molecular complexity index is 487. The molecule has 0 spiro atoms. The summed E-state index contributed by atoms with van der Waals surface area (Å²) in [5.41, 5.74) is 3.27. The van der Waals surface area contributed by atoms with Gasteiger partial charge in [-0.25, -0.2) is 8.42 Å². The molecule has 0 aliphatic heterocycles. The monoisotopic (exact) mass is 274 g/mol. The van der Waals surface area contributed by atoms with Crippen LogP contribution in [0.1, 0.15) is 56.2 Å². The van der Waals surface area contributed by atoms with Gasteiger partial charge in [-0.05, 0) is 47.6 Å². The Morgan fingerprint density at radius 3 is 1.59 bits per heavy atom. The van der Waals surface area contributed by atoms with Crippen molar-refractivity contribution in [3.05, 3.63) is 28.8 Å². The maximum Gasteiger partial charge on any atom is 0.261 e. The third kappa shape index (κ3) is 3.23. The molecule has 1 aromatic rings. The average Bonchev–Trinajstić information content (AvgIpc) is 2.14. The highest BCUT2D eigenvalue weighted by atomic mass is 35.7. The second-order valence-electron chi connectivity index (χ2n) is 4.97. The Morgan fingerprint density at radius 1 is 1.00 bits per heavy atom. The molecule has 0 atom stereocenters. The Balaban J connectivity index is 3.59. The minimum atomic E-state index is -3.66. The summed E-state index contributed by atoms with van der Waals surface area (Å²) in [5.74, 6) is 0.566. The van der Waals surface area contributed by atoms with Gasteiger partial charge >= 0.3 is 0 Å². The van der Waals surface area contributed by atoms with Crippen LogP contribution in [-0.2, 0) is 9.05 Å². The van der Waals surface area contributed by atoms with E-state index in [-0.39, 0.29) is 16.7 Å². The Kier molecular flexibility index (Phi) is 4.26. The van der Waals surface area contributed by atoms with Gasteiger partial charge in [-0.1, -0.05) is 27.7 Å². The highest BCUT2D eigenvalue weighted by Gasteiger charge is 2.18. The Morgan fingerprint density at radius 2 is 1.35 bits per heavy atom. The van der Waals surface area contributed by atoms with Crippen LogP contribution in [0.25, 0.3) is 0 Å². The minimum Gasteiger partial charge on any atom is -0.207 e. The minimum absolute atomic E-state index is 0.206. The first-order chi connectivity index (χ1) is 7.64. The fraction of sp³-hybridized carbons (Fsp3) is 0.538. The van der Waals surface area contributed by atoms with Gasteiger partial charge < -0.3 is 0 Å². The first kappa shape index (κ1) is 14.5. The molecule has 1 aromatic carbocycles. The van der Waals surface area contributed by atoms with Crippen LogP contribution in [-0.4, -0.2) is 8.42 Å². The fourth-order valence-corrected chi connectivity index (χ4v) is 2.87. The lowest BCUT2D eigenvalue weighted by molar-refractivity contribution is 0.609. The van der Waals surface area contributed by atoms with E-state index in [1.807, 2.05) is 6.92 Å². The smallest absolute Gasteiger partial charge is 0.207 e. The molecule has 17 heavy (non-hydrogen) atoms. The maximum absolute atomic E-state index is 11.5. The molecule has 0 unspecified atom stereocenters. The zero-order chi connectivity index (χ0) is 13.4. The number of rotatable bonds is 3. The van der Waals surface area contributed by atoms with Gasteiger partial charge in [0.15, 0.2) is 0 Å². The van der Waals surface area contributed by atoms with E-state index >= 15 is 0 Å². The van der Waals surface area contributed by atoms with Crippen LogP contribution in [0.4, 0.5) is 0 Å². The predicted octanol–water partition coefficient (Wildman–Crippen LogP) is 4.17. The van der Waals surface area contributed by atoms with Crippen molar-refractivity contribution in [3.8, 4) is 0 Å². The van der Waals surface area contributed by atoms with Gasteiger partial charge in [0.1, 0.15) is 0 Å². The van der Waals surface area contributed by atoms with E-state index < -0.39 is 9.05 Å². The molecular weight excluding hydrogens is 256 g/mol. The first-order valence-corrected chi connectivity index (χ1v) is 8.04. The van der Waals surface area contributed by atoms with Crippen molar-refractivity contribution in [3.63, 3.8) is 0 Å². The van der Waals surface area contributed by atoms with Crippen molar-refractivity contribution >= 4 is 19.7 Å². The molecule has 0 saturated carbocycles. The summed E-state index contributed by atoms with van der Waals surface area (Å²) in [6.07, 6.45) is 0. The van der Waals surface area contributed by atoms with E-state index in [1.54, 1.807) is 12.1 Å². The fourth-order valence-electron chi connectivity index (χ4n) is 2.07. The van der Waals surface area contributed by atoms with E-state index in [9.17, 15) is 8.42 Å². The van der Waals surface area contributed by atoms with E-state index in [1.165, 1.54) is 5.56 Å². The highest BCUT2D eigenvalue weighted by molar-refractivity contribution is 8.13. The SMILES string of the molecule is Cc1c(C(C)C)cc(S(=O)(=O)Cl)cc1C(C)C. The van der Waals surface area contributed by atoms with E-state index in [0.717, 1.165) is 11.1 Å². The molecule has 96 valence electrons. The Labute approximate surface area is 108 Å². The molecule has 0 aromatic heterocycles. The first-order valence-electron chi connectivity index (χ1n) is 5.73. The summed E-state index contributed by atoms with van der Waals surface area (Å²) in [7, 11) is 1.78. The van der Waals surface area contributed by atoms with Crippen molar-refractivity contribution in [2.75, 3.05) is 0 Å². The molecule has 2 nitrogen and oxygen atoms in total. The third-order valence-electron chi connectivity index (χ3n) is 2.99. The van der Waals surface area contributed by atoms with Crippen LogP contribution in [0, 0.1) is 6.92 Å². The molecule has 0 fully saturated rings. The van der Waals surface area contributed by atoms with E-state index in [0.29, 0.717) is 0 Å². The number of benzene rings is 1. The zero-order valence-corrected chi connectivity index (χ0v) is 12.5. The molecule has 0 saturated heterocycles. The quantitative estimate of drug-likeness (QED) is 0.775. The van der Waals surface area contributed by atoms with Crippen molar-refractivity contribution in [2.24, 2.45) is 0 Å². The molecule has 0 radical (unpaired) electrons. The van der Waals surface area contributed by atoms with Crippen molar-refractivity contribution in [1.29, 1.82) is 0 Å². The number of hydrogen-bond acceptors (Lipinski definition) is 2.